The topological polar surface area (TPSA) is 29.5 Å². The average molecular weight is 261 g/mol. The summed E-state index contributed by atoms with van der Waals surface area (Å²) in [6, 6.07) is 10.5. The van der Waals surface area contributed by atoms with Crippen molar-refractivity contribution >= 4 is 6.47 Å². The molecule has 0 saturated heterocycles. The lowest BCUT2D eigenvalue weighted by molar-refractivity contribution is -0.135. The standard InChI is InChI=1S/C16H23NO2/c1-13(2)17(10-14-8-9-14)11-16(19-12-18)15-6-4-3-5-7-15/h3-7,12-14,16H,8-11H2,1-2H3/t16-/m1/s1. The van der Waals surface area contributed by atoms with Crippen LogP contribution in [-0.4, -0.2) is 30.5 Å². The molecule has 19 heavy (non-hydrogen) atoms. The van der Waals surface area contributed by atoms with Crippen molar-refractivity contribution in [3.05, 3.63) is 35.9 Å². The molecule has 1 saturated carbocycles. The Hall–Kier alpha value is -1.35. The Bertz CT molecular complexity index is 387. The summed E-state index contributed by atoms with van der Waals surface area (Å²) in [4.78, 5) is 13.1. The largest absolute Gasteiger partial charge is 0.458 e. The predicted molar refractivity (Wildman–Crippen MR) is 75.8 cm³/mol. The van der Waals surface area contributed by atoms with Crippen molar-refractivity contribution < 1.29 is 9.53 Å². The number of carbonyl (C=O) groups is 1. The number of nitrogens with zero attached hydrogens (tertiary/aromatic N) is 1. The highest BCUT2D eigenvalue weighted by Crippen LogP contribution is 2.31. The van der Waals surface area contributed by atoms with Gasteiger partial charge in [-0.25, -0.2) is 0 Å². The number of ether oxygens (including phenoxy) is 1. The summed E-state index contributed by atoms with van der Waals surface area (Å²) in [7, 11) is 0. The number of hydrogen-bond acceptors (Lipinski definition) is 3. The molecule has 0 aliphatic heterocycles. The van der Waals surface area contributed by atoms with Crippen molar-refractivity contribution in [2.24, 2.45) is 5.92 Å². The summed E-state index contributed by atoms with van der Waals surface area (Å²) in [6.07, 6.45) is 2.52. The third-order valence-corrected chi connectivity index (χ3v) is 3.71. The highest BCUT2D eigenvalue weighted by atomic mass is 16.5. The molecule has 0 N–H and O–H groups in total. The summed E-state index contributed by atoms with van der Waals surface area (Å²) >= 11 is 0. The fourth-order valence-electron chi connectivity index (χ4n) is 2.30. The van der Waals surface area contributed by atoms with E-state index in [-0.39, 0.29) is 6.10 Å². The van der Waals surface area contributed by atoms with Crippen LogP contribution in [0, 0.1) is 5.92 Å². The van der Waals surface area contributed by atoms with Crippen LogP contribution in [0.5, 0.6) is 0 Å². The number of benzene rings is 1. The van der Waals surface area contributed by atoms with E-state index >= 15 is 0 Å². The van der Waals surface area contributed by atoms with Crippen molar-refractivity contribution in [2.45, 2.75) is 38.8 Å². The average Bonchev–Trinajstić information content (AvgIpc) is 3.22. The van der Waals surface area contributed by atoms with Crippen molar-refractivity contribution in [1.29, 1.82) is 0 Å². The van der Waals surface area contributed by atoms with E-state index in [1.807, 2.05) is 30.3 Å². The van der Waals surface area contributed by atoms with Crippen LogP contribution in [0.4, 0.5) is 0 Å². The van der Waals surface area contributed by atoms with Crippen molar-refractivity contribution in [3.63, 3.8) is 0 Å². The van der Waals surface area contributed by atoms with Gasteiger partial charge >= 0.3 is 0 Å². The SMILES string of the molecule is CC(C)N(CC1CC1)C[C@@H](OC=O)c1ccccc1. The molecule has 3 nitrogen and oxygen atoms in total. The number of carbonyl (C=O) groups excluding carboxylic acids is 1. The molecule has 0 unspecified atom stereocenters. The van der Waals surface area contributed by atoms with Crippen LogP contribution >= 0.6 is 0 Å². The van der Waals surface area contributed by atoms with Gasteiger partial charge in [0.25, 0.3) is 6.47 Å². The molecule has 1 fully saturated rings. The monoisotopic (exact) mass is 261 g/mol. The zero-order chi connectivity index (χ0) is 13.7. The molecule has 1 aliphatic carbocycles. The van der Waals surface area contributed by atoms with E-state index in [1.54, 1.807) is 0 Å². The van der Waals surface area contributed by atoms with Gasteiger partial charge in [0.15, 0.2) is 0 Å². The zero-order valence-corrected chi connectivity index (χ0v) is 11.8. The lowest BCUT2D eigenvalue weighted by atomic mass is 10.1. The molecule has 104 valence electrons. The van der Waals surface area contributed by atoms with E-state index < -0.39 is 0 Å². The minimum Gasteiger partial charge on any atom is -0.458 e. The normalized spacial score (nSPS) is 16.6. The lowest BCUT2D eigenvalue weighted by Crippen LogP contribution is -2.37. The number of hydrogen-bond donors (Lipinski definition) is 0. The molecule has 0 amide bonds. The maximum atomic E-state index is 10.7. The first-order valence-electron chi connectivity index (χ1n) is 7.08. The van der Waals surface area contributed by atoms with Gasteiger partial charge in [-0.15, -0.1) is 0 Å². The summed E-state index contributed by atoms with van der Waals surface area (Å²) in [5.74, 6) is 0.843. The molecule has 1 aromatic carbocycles. The second kappa shape index (κ2) is 6.71. The van der Waals surface area contributed by atoms with Gasteiger partial charge in [-0.05, 0) is 38.2 Å². The lowest BCUT2D eigenvalue weighted by Gasteiger charge is -2.30. The Labute approximate surface area is 115 Å². The van der Waals surface area contributed by atoms with Crippen LogP contribution < -0.4 is 0 Å². The van der Waals surface area contributed by atoms with Crippen LogP contribution in [0.25, 0.3) is 0 Å². The van der Waals surface area contributed by atoms with E-state index in [2.05, 4.69) is 18.7 Å². The van der Waals surface area contributed by atoms with Crippen LogP contribution in [0.3, 0.4) is 0 Å². The third-order valence-electron chi connectivity index (χ3n) is 3.71. The Morgan fingerprint density at radius 2 is 2.00 bits per heavy atom. The van der Waals surface area contributed by atoms with E-state index in [4.69, 9.17) is 4.74 Å². The molecule has 0 heterocycles. The molecule has 0 spiro atoms. The molecule has 1 aliphatic rings. The molecular formula is C16H23NO2. The molecule has 3 heteroatoms. The molecule has 1 atom stereocenters. The maximum Gasteiger partial charge on any atom is 0.293 e. The van der Waals surface area contributed by atoms with E-state index in [9.17, 15) is 4.79 Å². The molecule has 0 aromatic heterocycles. The molecule has 0 bridgehead atoms. The number of rotatable bonds is 8. The Kier molecular flexibility index (Phi) is 4.97. The summed E-state index contributed by atoms with van der Waals surface area (Å²) in [5.41, 5.74) is 1.07. The van der Waals surface area contributed by atoms with Gasteiger partial charge in [-0.3, -0.25) is 9.69 Å². The highest BCUT2D eigenvalue weighted by Gasteiger charge is 2.27. The van der Waals surface area contributed by atoms with E-state index in [1.165, 1.54) is 12.8 Å². The minimum absolute atomic E-state index is 0.167. The van der Waals surface area contributed by atoms with Crippen molar-refractivity contribution in [3.8, 4) is 0 Å². The first-order chi connectivity index (χ1) is 9.20. The Balaban J connectivity index is 2.03. The van der Waals surface area contributed by atoms with Crippen LogP contribution in [0.1, 0.15) is 38.4 Å². The maximum absolute atomic E-state index is 10.7. The van der Waals surface area contributed by atoms with E-state index in [0.717, 1.165) is 24.6 Å². The Morgan fingerprint density at radius 1 is 1.32 bits per heavy atom. The van der Waals surface area contributed by atoms with E-state index in [0.29, 0.717) is 12.5 Å². The Morgan fingerprint density at radius 3 is 2.53 bits per heavy atom. The van der Waals surface area contributed by atoms with Crippen LogP contribution in [0.2, 0.25) is 0 Å². The quantitative estimate of drug-likeness (QED) is 0.674. The molecular weight excluding hydrogens is 238 g/mol. The van der Waals surface area contributed by atoms with Gasteiger partial charge in [0.05, 0.1) is 0 Å². The first-order valence-corrected chi connectivity index (χ1v) is 7.08. The smallest absolute Gasteiger partial charge is 0.293 e. The fourth-order valence-corrected chi connectivity index (χ4v) is 2.30. The van der Waals surface area contributed by atoms with Crippen molar-refractivity contribution in [2.75, 3.05) is 13.1 Å². The fraction of sp³-hybridized carbons (Fsp3) is 0.562. The van der Waals surface area contributed by atoms with Gasteiger partial charge < -0.3 is 4.74 Å². The minimum atomic E-state index is -0.167. The van der Waals surface area contributed by atoms with Gasteiger partial charge in [0, 0.05) is 19.1 Å². The predicted octanol–water partition coefficient (Wildman–Crippen LogP) is 3.02. The first kappa shape index (κ1) is 14.1. The third kappa shape index (κ3) is 4.35. The molecule has 0 radical (unpaired) electrons. The highest BCUT2D eigenvalue weighted by molar-refractivity contribution is 5.38. The van der Waals surface area contributed by atoms with Gasteiger partial charge in [0.1, 0.15) is 6.10 Å². The van der Waals surface area contributed by atoms with Gasteiger partial charge in [-0.2, -0.15) is 0 Å². The van der Waals surface area contributed by atoms with Gasteiger partial charge in [0.2, 0.25) is 0 Å². The molecule has 2 rings (SSSR count). The zero-order valence-electron chi connectivity index (χ0n) is 11.8. The van der Waals surface area contributed by atoms with Crippen LogP contribution in [-0.2, 0) is 9.53 Å². The summed E-state index contributed by atoms with van der Waals surface area (Å²) < 4.78 is 5.29. The summed E-state index contributed by atoms with van der Waals surface area (Å²) in [6.45, 7) is 6.85. The summed E-state index contributed by atoms with van der Waals surface area (Å²) in [5, 5.41) is 0. The van der Waals surface area contributed by atoms with Crippen molar-refractivity contribution in [1.82, 2.24) is 4.90 Å². The second-order valence-corrected chi connectivity index (χ2v) is 5.62. The van der Waals surface area contributed by atoms with Crippen LogP contribution in [0.15, 0.2) is 30.3 Å². The van der Waals surface area contributed by atoms with Gasteiger partial charge in [-0.1, -0.05) is 30.3 Å². The second-order valence-electron chi connectivity index (χ2n) is 5.62. The molecule has 1 aromatic rings.